The number of alkyl halides is 3. The number of hydrogen-bond acceptors (Lipinski definition) is 4. The van der Waals surface area contributed by atoms with Crippen LogP contribution in [0, 0.1) is 17.1 Å². The number of nitrogens with zero attached hydrogens (tertiary/aromatic N) is 4. The highest BCUT2D eigenvalue weighted by atomic mass is 32.1. The summed E-state index contributed by atoms with van der Waals surface area (Å²) in [4.78, 5) is 16.2. The molecule has 0 saturated carbocycles. The van der Waals surface area contributed by atoms with Crippen molar-refractivity contribution >= 4 is 34.6 Å². The number of anilines is 2. The zero-order valence-electron chi connectivity index (χ0n) is 17.7. The Labute approximate surface area is 192 Å². The quantitative estimate of drug-likeness (QED) is 0.520. The van der Waals surface area contributed by atoms with Crippen molar-refractivity contribution in [1.29, 1.82) is 5.26 Å². The van der Waals surface area contributed by atoms with Crippen molar-refractivity contribution < 1.29 is 27.5 Å². The van der Waals surface area contributed by atoms with Gasteiger partial charge in [0, 0.05) is 24.8 Å². The molecule has 0 spiro atoms. The fourth-order valence-electron chi connectivity index (χ4n) is 4.21. The van der Waals surface area contributed by atoms with Crippen LogP contribution < -0.4 is 9.80 Å². The summed E-state index contributed by atoms with van der Waals surface area (Å²) in [6.07, 6.45) is -6.26. The maximum Gasteiger partial charge on any atom is 0.417 e. The molecule has 1 saturated heterocycles. The number of nitriles is 1. The molecule has 172 valence electrons. The SMILES string of the molecule is CN1Cc2cc(F)c(N3C(=S)N(c4ccc(C#N)c(C(F)(F)F)c4)C(O)C3(C)C)cc2C1=O. The number of halogens is 4. The fraction of sp³-hybridized carbons (Fsp3) is 0.318. The monoisotopic (exact) mass is 478 g/mol. The summed E-state index contributed by atoms with van der Waals surface area (Å²) < 4.78 is 55.6. The van der Waals surface area contributed by atoms with Crippen LogP contribution in [0.3, 0.4) is 0 Å². The summed E-state index contributed by atoms with van der Waals surface area (Å²) in [6.45, 7) is 3.36. The number of carbonyl (C=O) groups excluding carboxylic acids is 1. The summed E-state index contributed by atoms with van der Waals surface area (Å²) in [5.41, 5.74) is -2.40. The van der Waals surface area contributed by atoms with Crippen LogP contribution in [-0.2, 0) is 12.7 Å². The van der Waals surface area contributed by atoms with E-state index in [-0.39, 0.29) is 34.5 Å². The number of amides is 1. The molecular weight excluding hydrogens is 460 g/mol. The summed E-state index contributed by atoms with van der Waals surface area (Å²) in [7, 11) is 1.58. The molecule has 6 nitrogen and oxygen atoms in total. The van der Waals surface area contributed by atoms with E-state index in [4.69, 9.17) is 17.5 Å². The molecule has 0 aromatic heterocycles. The van der Waals surface area contributed by atoms with Crippen LogP contribution in [0.2, 0.25) is 0 Å². The van der Waals surface area contributed by atoms with E-state index in [2.05, 4.69) is 0 Å². The number of aliphatic hydroxyl groups is 1. The van der Waals surface area contributed by atoms with Gasteiger partial charge in [0.2, 0.25) is 0 Å². The molecule has 2 aliphatic rings. The van der Waals surface area contributed by atoms with Crippen molar-refractivity contribution in [1.82, 2.24) is 4.90 Å². The summed E-state index contributed by atoms with van der Waals surface area (Å²) in [5.74, 6) is -0.981. The number of aliphatic hydroxyl groups excluding tert-OH is 1. The van der Waals surface area contributed by atoms with Gasteiger partial charge in [-0.1, -0.05) is 0 Å². The van der Waals surface area contributed by atoms with Gasteiger partial charge < -0.3 is 14.9 Å². The molecule has 1 fully saturated rings. The van der Waals surface area contributed by atoms with Gasteiger partial charge in [0.05, 0.1) is 28.4 Å². The fourth-order valence-corrected chi connectivity index (χ4v) is 4.75. The van der Waals surface area contributed by atoms with Crippen LogP contribution >= 0.6 is 12.2 Å². The van der Waals surface area contributed by atoms with Crippen molar-refractivity contribution in [3.8, 4) is 6.07 Å². The van der Waals surface area contributed by atoms with Gasteiger partial charge in [-0.15, -0.1) is 0 Å². The summed E-state index contributed by atoms with van der Waals surface area (Å²) in [6, 6.07) is 7.03. The van der Waals surface area contributed by atoms with E-state index in [0.29, 0.717) is 5.56 Å². The predicted octanol–water partition coefficient (Wildman–Crippen LogP) is 4.01. The topological polar surface area (TPSA) is 70.8 Å². The van der Waals surface area contributed by atoms with E-state index in [1.807, 2.05) is 0 Å². The Bertz CT molecular complexity index is 1240. The number of rotatable bonds is 2. The first-order valence-electron chi connectivity index (χ1n) is 9.79. The van der Waals surface area contributed by atoms with Crippen molar-refractivity contribution in [3.63, 3.8) is 0 Å². The first kappa shape index (κ1) is 22.9. The molecular formula is C22H18F4N4O2S. The molecule has 1 unspecified atom stereocenters. The van der Waals surface area contributed by atoms with E-state index < -0.39 is 34.9 Å². The second-order valence-corrected chi connectivity index (χ2v) is 8.84. The van der Waals surface area contributed by atoms with Crippen molar-refractivity contribution in [3.05, 3.63) is 58.4 Å². The zero-order chi connectivity index (χ0) is 24.5. The lowest BCUT2D eigenvalue weighted by atomic mass is 10.00. The Morgan fingerprint density at radius 1 is 1.24 bits per heavy atom. The zero-order valence-corrected chi connectivity index (χ0v) is 18.6. The normalized spacial score (nSPS) is 19.8. The Morgan fingerprint density at radius 2 is 1.91 bits per heavy atom. The molecule has 2 heterocycles. The molecule has 4 rings (SSSR count). The van der Waals surface area contributed by atoms with Crippen LogP contribution in [0.25, 0.3) is 0 Å². The molecule has 2 aromatic rings. The lowest BCUT2D eigenvalue weighted by Gasteiger charge is -2.33. The minimum absolute atomic E-state index is 0.0707. The second kappa shape index (κ2) is 7.40. The number of thiocarbonyl (C=S) groups is 1. The molecule has 11 heteroatoms. The first-order valence-corrected chi connectivity index (χ1v) is 10.2. The predicted molar refractivity (Wildman–Crippen MR) is 116 cm³/mol. The molecule has 2 aliphatic heterocycles. The Hall–Kier alpha value is -3.23. The van der Waals surface area contributed by atoms with Crippen LogP contribution in [-0.4, -0.2) is 39.8 Å². The smallest absolute Gasteiger partial charge is 0.371 e. The van der Waals surface area contributed by atoms with E-state index in [1.54, 1.807) is 20.9 Å². The average Bonchev–Trinajstić information content (AvgIpc) is 3.09. The number of fused-ring (bicyclic) bond motifs is 1. The third-order valence-electron chi connectivity index (χ3n) is 5.96. The lowest BCUT2D eigenvalue weighted by Crippen LogP contribution is -2.47. The Morgan fingerprint density at radius 3 is 2.52 bits per heavy atom. The number of benzene rings is 2. The standard InChI is InChI=1S/C22H18F4N4O2S/c1-21(2)19(32)29(13-5-4-11(9-27)15(7-13)22(24,25)26)20(33)30(21)17-8-14-12(6-16(17)23)10-28(3)18(14)31/h4-8,19,32H,10H2,1-3H3. The molecule has 33 heavy (non-hydrogen) atoms. The highest BCUT2D eigenvalue weighted by molar-refractivity contribution is 7.80. The van der Waals surface area contributed by atoms with Crippen LogP contribution in [0.4, 0.5) is 28.9 Å². The molecule has 1 N–H and O–H groups in total. The van der Waals surface area contributed by atoms with Crippen molar-refractivity contribution in [2.75, 3.05) is 16.8 Å². The van der Waals surface area contributed by atoms with Crippen LogP contribution in [0.15, 0.2) is 30.3 Å². The van der Waals surface area contributed by atoms with Crippen LogP contribution in [0.1, 0.15) is 40.9 Å². The maximum absolute atomic E-state index is 15.1. The summed E-state index contributed by atoms with van der Waals surface area (Å²) in [5, 5.41) is 19.9. The number of hydrogen-bond donors (Lipinski definition) is 1. The molecule has 0 bridgehead atoms. The van der Waals surface area contributed by atoms with Gasteiger partial charge in [-0.2, -0.15) is 18.4 Å². The minimum atomic E-state index is -4.80. The number of carbonyl (C=O) groups is 1. The Balaban J connectivity index is 1.83. The molecule has 1 amide bonds. The van der Waals surface area contributed by atoms with Crippen molar-refractivity contribution in [2.45, 2.75) is 38.3 Å². The van der Waals surface area contributed by atoms with E-state index in [0.717, 1.165) is 17.0 Å². The van der Waals surface area contributed by atoms with Gasteiger partial charge in [-0.25, -0.2) is 4.39 Å². The van der Waals surface area contributed by atoms with E-state index >= 15 is 4.39 Å². The van der Waals surface area contributed by atoms with Crippen LogP contribution in [0.5, 0.6) is 0 Å². The Kier molecular flexibility index (Phi) is 5.14. The largest absolute Gasteiger partial charge is 0.417 e. The molecule has 0 aliphatic carbocycles. The molecule has 2 aromatic carbocycles. The third kappa shape index (κ3) is 3.41. The van der Waals surface area contributed by atoms with Gasteiger partial charge in [-0.05, 0) is 62.0 Å². The average molecular weight is 478 g/mol. The van der Waals surface area contributed by atoms with Gasteiger partial charge in [0.25, 0.3) is 5.91 Å². The van der Waals surface area contributed by atoms with E-state index in [1.165, 1.54) is 34.1 Å². The lowest BCUT2D eigenvalue weighted by molar-refractivity contribution is -0.137. The van der Waals surface area contributed by atoms with Gasteiger partial charge in [0.15, 0.2) is 11.3 Å². The first-order chi connectivity index (χ1) is 15.3. The van der Waals surface area contributed by atoms with Gasteiger partial charge in [0.1, 0.15) is 5.82 Å². The molecule has 0 radical (unpaired) electrons. The highest BCUT2D eigenvalue weighted by Gasteiger charge is 2.51. The maximum atomic E-state index is 15.1. The minimum Gasteiger partial charge on any atom is -0.371 e. The summed E-state index contributed by atoms with van der Waals surface area (Å²) >= 11 is 5.47. The van der Waals surface area contributed by atoms with Crippen molar-refractivity contribution in [2.24, 2.45) is 0 Å². The van der Waals surface area contributed by atoms with Gasteiger partial charge in [-0.3, -0.25) is 9.69 Å². The van der Waals surface area contributed by atoms with E-state index in [9.17, 15) is 23.1 Å². The second-order valence-electron chi connectivity index (χ2n) is 8.48. The highest BCUT2D eigenvalue weighted by Crippen LogP contribution is 2.43. The van der Waals surface area contributed by atoms with Gasteiger partial charge >= 0.3 is 6.18 Å². The molecule has 1 atom stereocenters. The third-order valence-corrected chi connectivity index (χ3v) is 6.33.